The second-order valence-electron chi connectivity index (χ2n) is 1.29. The molecule has 0 aliphatic carbocycles. The summed E-state index contributed by atoms with van der Waals surface area (Å²) < 4.78 is 0. The molecule has 0 aliphatic rings. The van der Waals surface area contributed by atoms with Gasteiger partial charge in [-0.25, -0.2) is 0 Å². The van der Waals surface area contributed by atoms with Crippen LogP contribution in [0.15, 0.2) is 12.2 Å². The van der Waals surface area contributed by atoms with Gasteiger partial charge in [0.2, 0.25) is 0 Å². The van der Waals surface area contributed by atoms with Crippen LogP contribution in [-0.4, -0.2) is 23.1 Å². The molecule has 0 aromatic heterocycles. The Morgan fingerprint density at radius 2 is 1.11 bits per heavy atom. The third-order valence-corrected chi connectivity index (χ3v) is 0.638. The molecule has 0 amide bonds. The minimum atomic E-state index is 0. The zero-order valence-corrected chi connectivity index (χ0v) is 8.96. The normalized spacial score (nSPS) is 6.89. The Bertz CT molecular complexity index is 40.3. The maximum Gasteiger partial charge on any atom is 2.00 e. The van der Waals surface area contributed by atoms with Crippen molar-refractivity contribution in [3.05, 3.63) is 12.2 Å². The van der Waals surface area contributed by atoms with Crippen LogP contribution in [0.4, 0.5) is 0 Å². The van der Waals surface area contributed by atoms with Gasteiger partial charge in [-0.05, 0) is 12.8 Å². The smallest absolute Gasteiger partial charge is 1.00 e. The van der Waals surface area contributed by atoms with Crippen LogP contribution in [0.3, 0.4) is 0 Å². The fraction of sp³-hybridized carbons (Fsp3) is 0.667. The molecule has 0 N–H and O–H groups in total. The second kappa shape index (κ2) is 23.0. The molecule has 0 atom stereocenters. The van der Waals surface area contributed by atoms with Gasteiger partial charge < -0.3 is 24.8 Å². The third-order valence-electron chi connectivity index (χ3n) is 0.638. The van der Waals surface area contributed by atoms with Gasteiger partial charge in [0.05, 0.1) is 0 Å². The SMILES string of the molecule is CC/C=C/CC.[Cl-].[Cl-].[Mg+2]. The Hall–Kier alpha value is 1.09. The molecular formula is C6H12Cl2Mg. The molecule has 0 aromatic carbocycles. The van der Waals surface area contributed by atoms with E-state index in [9.17, 15) is 0 Å². The molecule has 0 nitrogen and oxygen atoms in total. The van der Waals surface area contributed by atoms with E-state index in [1.807, 2.05) is 0 Å². The van der Waals surface area contributed by atoms with E-state index in [1.165, 1.54) is 12.8 Å². The molecule has 0 aliphatic heterocycles. The third kappa shape index (κ3) is 27.3. The van der Waals surface area contributed by atoms with E-state index in [1.54, 1.807) is 0 Å². The van der Waals surface area contributed by atoms with Crippen molar-refractivity contribution in [2.24, 2.45) is 0 Å². The molecule has 0 rings (SSSR count). The van der Waals surface area contributed by atoms with Crippen LogP contribution >= 0.6 is 0 Å². The molecule has 52 valence electrons. The molecule has 0 aromatic rings. The summed E-state index contributed by atoms with van der Waals surface area (Å²) in [6, 6.07) is 0. The number of hydrogen-bond acceptors (Lipinski definition) is 0. The van der Waals surface area contributed by atoms with Crippen LogP contribution in [0.25, 0.3) is 0 Å². The van der Waals surface area contributed by atoms with Crippen molar-refractivity contribution in [2.75, 3.05) is 0 Å². The fourth-order valence-corrected chi connectivity index (χ4v) is 0.333. The monoisotopic (exact) mass is 178 g/mol. The van der Waals surface area contributed by atoms with Crippen molar-refractivity contribution in [3.8, 4) is 0 Å². The summed E-state index contributed by atoms with van der Waals surface area (Å²) in [5.74, 6) is 0. The van der Waals surface area contributed by atoms with Gasteiger partial charge in [0.15, 0.2) is 0 Å². The number of hydrogen-bond donors (Lipinski definition) is 0. The average Bonchev–Trinajstić information content (AvgIpc) is 1.61. The van der Waals surface area contributed by atoms with Gasteiger partial charge in [0, 0.05) is 0 Å². The Balaban J connectivity index is -0.0000000417. The molecule has 0 bridgehead atoms. The summed E-state index contributed by atoms with van der Waals surface area (Å²) in [6.45, 7) is 4.29. The van der Waals surface area contributed by atoms with Crippen LogP contribution in [0.5, 0.6) is 0 Å². The van der Waals surface area contributed by atoms with Crippen LogP contribution in [-0.2, 0) is 0 Å². The largest absolute Gasteiger partial charge is 2.00 e. The van der Waals surface area contributed by atoms with Gasteiger partial charge in [-0.1, -0.05) is 26.0 Å². The predicted molar refractivity (Wildman–Crippen MR) is 35.5 cm³/mol. The number of halogens is 2. The molecule has 0 unspecified atom stereocenters. The average molecular weight is 179 g/mol. The van der Waals surface area contributed by atoms with E-state index < -0.39 is 0 Å². The minimum absolute atomic E-state index is 0. The van der Waals surface area contributed by atoms with Gasteiger partial charge in [-0.3, -0.25) is 0 Å². The Morgan fingerprint density at radius 1 is 0.889 bits per heavy atom. The first kappa shape index (κ1) is 22.5. The molecule has 0 fully saturated rings. The van der Waals surface area contributed by atoms with Crippen molar-refractivity contribution in [3.63, 3.8) is 0 Å². The Kier molecular flexibility index (Phi) is 57.4. The van der Waals surface area contributed by atoms with Gasteiger partial charge in [0.1, 0.15) is 0 Å². The maximum absolute atomic E-state index is 2.18. The minimum Gasteiger partial charge on any atom is -1.00 e. The van der Waals surface area contributed by atoms with E-state index in [0.29, 0.717) is 0 Å². The molecule has 0 saturated heterocycles. The molecule has 0 heterocycles. The Labute approximate surface area is 86.5 Å². The van der Waals surface area contributed by atoms with Crippen molar-refractivity contribution in [1.29, 1.82) is 0 Å². The van der Waals surface area contributed by atoms with Gasteiger partial charge in [-0.2, -0.15) is 0 Å². The van der Waals surface area contributed by atoms with Crippen molar-refractivity contribution >= 4 is 23.1 Å². The van der Waals surface area contributed by atoms with Crippen LogP contribution in [0.2, 0.25) is 0 Å². The maximum atomic E-state index is 2.18. The standard InChI is InChI=1S/C6H12.2ClH.Mg/c1-3-5-6-4-2;;;/h5-6H,3-4H2,1-2H3;2*1H;/q;;;+2/p-2/b6-5+;;;. The zero-order valence-electron chi connectivity index (χ0n) is 6.03. The van der Waals surface area contributed by atoms with Crippen LogP contribution < -0.4 is 24.8 Å². The molecule has 0 saturated carbocycles. The summed E-state index contributed by atoms with van der Waals surface area (Å²) in [7, 11) is 0. The van der Waals surface area contributed by atoms with Gasteiger partial charge >= 0.3 is 23.1 Å². The van der Waals surface area contributed by atoms with Crippen molar-refractivity contribution in [2.45, 2.75) is 26.7 Å². The van der Waals surface area contributed by atoms with E-state index in [2.05, 4.69) is 26.0 Å². The van der Waals surface area contributed by atoms with Gasteiger partial charge in [-0.15, -0.1) is 0 Å². The quantitative estimate of drug-likeness (QED) is 0.299. The summed E-state index contributed by atoms with van der Waals surface area (Å²) >= 11 is 0. The molecule has 0 spiro atoms. The Morgan fingerprint density at radius 3 is 1.22 bits per heavy atom. The molecule has 9 heavy (non-hydrogen) atoms. The fourth-order valence-electron chi connectivity index (χ4n) is 0.333. The van der Waals surface area contributed by atoms with E-state index >= 15 is 0 Å². The summed E-state index contributed by atoms with van der Waals surface area (Å²) in [5.41, 5.74) is 0. The van der Waals surface area contributed by atoms with Crippen LogP contribution in [0.1, 0.15) is 26.7 Å². The first-order valence-corrected chi connectivity index (χ1v) is 2.56. The second-order valence-corrected chi connectivity index (χ2v) is 1.29. The first-order valence-electron chi connectivity index (χ1n) is 2.56. The number of allylic oxidation sites excluding steroid dienone is 2. The summed E-state index contributed by atoms with van der Waals surface area (Å²) in [6.07, 6.45) is 6.71. The predicted octanol–water partition coefficient (Wildman–Crippen LogP) is -4.01. The zero-order chi connectivity index (χ0) is 4.83. The van der Waals surface area contributed by atoms with E-state index in [0.717, 1.165) is 0 Å². The molecule has 3 heteroatoms. The van der Waals surface area contributed by atoms with Gasteiger partial charge in [0.25, 0.3) is 0 Å². The van der Waals surface area contributed by atoms with E-state index in [-0.39, 0.29) is 47.9 Å². The number of rotatable bonds is 2. The van der Waals surface area contributed by atoms with Crippen molar-refractivity contribution in [1.82, 2.24) is 0 Å². The first-order chi connectivity index (χ1) is 2.91. The topological polar surface area (TPSA) is 0 Å². The molecular weight excluding hydrogens is 167 g/mol. The van der Waals surface area contributed by atoms with E-state index in [4.69, 9.17) is 0 Å². The summed E-state index contributed by atoms with van der Waals surface area (Å²) in [4.78, 5) is 0. The van der Waals surface area contributed by atoms with Crippen molar-refractivity contribution < 1.29 is 24.8 Å². The van der Waals surface area contributed by atoms with Crippen LogP contribution in [0, 0.1) is 0 Å². The summed E-state index contributed by atoms with van der Waals surface area (Å²) in [5, 5.41) is 0. The molecule has 0 radical (unpaired) electrons.